The molecule has 1 aromatic rings. The molecule has 23 heavy (non-hydrogen) atoms. The van der Waals surface area contributed by atoms with Crippen LogP contribution in [0, 0.1) is 0 Å². The van der Waals surface area contributed by atoms with E-state index in [9.17, 15) is 13.2 Å². The lowest BCUT2D eigenvalue weighted by atomic mass is 10.1. The van der Waals surface area contributed by atoms with Crippen LogP contribution >= 0.6 is 0 Å². The molecule has 0 saturated carbocycles. The Morgan fingerprint density at radius 3 is 2.65 bits per heavy atom. The van der Waals surface area contributed by atoms with E-state index in [-0.39, 0.29) is 29.0 Å². The molecule has 0 radical (unpaired) electrons. The van der Waals surface area contributed by atoms with Gasteiger partial charge in [0.2, 0.25) is 0 Å². The van der Waals surface area contributed by atoms with E-state index < -0.39 is 9.84 Å². The van der Waals surface area contributed by atoms with Crippen molar-refractivity contribution in [3.05, 3.63) is 24.0 Å². The second-order valence-electron chi connectivity index (χ2n) is 6.95. The minimum Gasteiger partial charge on any atom is -0.368 e. The first-order valence-corrected chi connectivity index (χ1v) is 9.69. The zero-order valence-corrected chi connectivity index (χ0v) is 15.0. The quantitative estimate of drug-likeness (QED) is 0.902. The molecule has 1 N–H and O–H groups in total. The summed E-state index contributed by atoms with van der Waals surface area (Å²) in [4.78, 5) is 18.4. The predicted octanol–water partition coefficient (Wildman–Crippen LogP) is 1.62. The van der Waals surface area contributed by atoms with Gasteiger partial charge in [-0.15, -0.1) is 0 Å². The normalized spacial score (nSPS) is 20.3. The van der Waals surface area contributed by atoms with Crippen LogP contribution in [0.25, 0.3) is 0 Å². The minimum absolute atomic E-state index is 0.0362. The van der Waals surface area contributed by atoms with E-state index >= 15 is 0 Å². The summed E-state index contributed by atoms with van der Waals surface area (Å²) in [6.07, 6.45) is 2.22. The number of carbonyl (C=O) groups excluding carboxylic acids is 1. The van der Waals surface area contributed by atoms with Crippen LogP contribution in [0.1, 0.15) is 44.6 Å². The van der Waals surface area contributed by atoms with Gasteiger partial charge in [0, 0.05) is 30.0 Å². The molecular formula is C16H25N3O3S. The van der Waals surface area contributed by atoms with Crippen molar-refractivity contribution in [2.45, 2.75) is 45.7 Å². The van der Waals surface area contributed by atoms with Crippen molar-refractivity contribution in [2.75, 3.05) is 23.0 Å². The number of aromatic nitrogens is 1. The number of amides is 1. The smallest absolute Gasteiger partial charge is 0.270 e. The van der Waals surface area contributed by atoms with E-state index in [2.05, 4.69) is 10.3 Å². The lowest BCUT2D eigenvalue weighted by Crippen LogP contribution is -2.41. The second kappa shape index (κ2) is 6.47. The number of hydrogen-bond acceptors (Lipinski definition) is 5. The third-order valence-electron chi connectivity index (χ3n) is 3.79. The topological polar surface area (TPSA) is 79.4 Å². The van der Waals surface area contributed by atoms with Crippen molar-refractivity contribution in [1.82, 2.24) is 10.3 Å². The number of nitrogens with one attached hydrogen (secondary N) is 1. The van der Waals surface area contributed by atoms with E-state index in [0.717, 1.165) is 5.69 Å². The minimum atomic E-state index is -2.95. The maximum atomic E-state index is 12.3. The van der Waals surface area contributed by atoms with Gasteiger partial charge in [-0.2, -0.15) is 0 Å². The van der Waals surface area contributed by atoms with Crippen molar-refractivity contribution < 1.29 is 13.2 Å². The summed E-state index contributed by atoms with van der Waals surface area (Å²) in [5, 5.41) is 2.89. The molecule has 0 aromatic carbocycles. The van der Waals surface area contributed by atoms with E-state index in [4.69, 9.17) is 0 Å². The van der Waals surface area contributed by atoms with Crippen LogP contribution in [-0.4, -0.2) is 48.9 Å². The number of pyridine rings is 1. The highest BCUT2D eigenvalue weighted by molar-refractivity contribution is 7.91. The van der Waals surface area contributed by atoms with Crippen molar-refractivity contribution in [3.8, 4) is 0 Å². The van der Waals surface area contributed by atoms with Gasteiger partial charge >= 0.3 is 0 Å². The maximum Gasteiger partial charge on any atom is 0.270 e. The van der Waals surface area contributed by atoms with Gasteiger partial charge in [0.05, 0.1) is 11.5 Å². The summed E-state index contributed by atoms with van der Waals surface area (Å²) in [7, 11) is -2.95. The summed E-state index contributed by atoms with van der Waals surface area (Å²) in [5.74, 6) is 0.179. The van der Waals surface area contributed by atoms with Crippen LogP contribution in [0.2, 0.25) is 0 Å². The van der Waals surface area contributed by atoms with Gasteiger partial charge in [0.25, 0.3) is 5.91 Å². The fourth-order valence-electron chi connectivity index (χ4n) is 2.80. The Bertz CT molecular complexity index is 680. The molecule has 0 bridgehead atoms. The molecule has 1 aliphatic rings. The number of hydrogen-bond donors (Lipinski definition) is 1. The zero-order chi connectivity index (χ0) is 17.3. The molecule has 1 aliphatic heterocycles. The molecule has 1 amide bonds. The molecule has 128 valence electrons. The van der Waals surface area contributed by atoms with Crippen molar-refractivity contribution in [2.24, 2.45) is 0 Å². The first-order chi connectivity index (χ1) is 10.6. The van der Waals surface area contributed by atoms with Crippen LogP contribution < -0.4 is 10.2 Å². The first kappa shape index (κ1) is 17.7. The molecule has 2 heterocycles. The summed E-state index contributed by atoms with van der Waals surface area (Å²) >= 11 is 0. The Morgan fingerprint density at radius 1 is 1.43 bits per heavy atom. The molecule has 6 nitrogen and oxygen atoms in total. The van der Waals surface area contributed by atoms with E-state index in [1.807, 2.05) is 38.7 Å². The van der Waals surface area contributed by atoms with Gasteiger partial charge in [-0.05, 0) is 46.2 Å². The largest absolute Gasteiger partial charge is 0.368 e. The third-order valence-corrected chi connectivity index (χ3v) is 5.54. The predicted molar refractivity (Wildman–Crippen MR) is 91.5 cm³/mol. The summed E-state index contributed by atoms with van der Waals surface area (Å²) in [6.45, 7) is 8.41. The van der Waals surface area contributed by atoms with Crippen LogP contribution in [0.15, 0.2) is 18.3 Å². The second-order valence-corrected chi connectivity index (χ2v) is 9.18. The van der Waals surface area contributed by atoms with Gasteiger partial charge in [-0.3, -0.25) is 9.78 Å². The molecule has 7 heteroatoms. The maximum absolute atomic E-state index is 12.3. The average Bonchev–Trinajstić information content (AvgIpc) is 2.78. The number of sulfone groups is 1. The van der Waals surface area contributed by atoms with Crippen LogP contribution in [0.5, 0.6) is 0 Å². The molecule has 1 saturated heterocycles. The molecule has 1 aromatic heterocycles. The van der Waals surface area contributed by atoms with Crippen LogP contribution in [0.3, 0.4) is 0 Å². The average molecular weight is 339 g/mol. The Hall–Kier alpha value is -1.63. The van der Waals surface area contributed by atoms with Crippen molar-refractivity contribution >= 4 is 21.4 Å². The molecule has 0 spiro atoms. The van der Waals surface area contributed by atoms with Gasteiger partial charge in [-0.25, -0.2) is 8.42 Å². The Balaban J connectivity index is 2.22. The molecule has 1 fully saturated rings. The third kappa shape index (κ3) is 4.67. The number of rotatable bonds is 4. The SMILES string of the molecule is CCN(c1ccnc(C(=O)NC(C)(C)C)c1)C1CCS(=O)(=O)C1. The summed E-state index contributed by atoms with van der Waals surface area (Å²) in [6, 6.07) is 3.52. The zero-order valence-electron chi connectivity index (χ0n) is 14.2. The lowest BCUT2D eigenvalue weighted by molar-refractivity contribution is 0.0914. The number of anilines is 1. The molecule has 1 unspecified atom stereocenters. The number of nitrogens with zero attached hydrogens (tertiary/aromatic N) is 2. The highest BCUT2D eigenvalue weighted by Crippen LogP contribution is 2.24. The Morgan fingerprint density at radius 2 is 2.13 bits per heavy atom. The Kier molecular flexibility index (Phi) is 4.98. The van der Waals surface area contributed by atoms with E-state index in [1.54, 1.807) is 12.3 Å². The number of carbonyl (C=O) groups is 1. The highest BCUT2D eigenvalue weighted by atomic mass is 32.2. The van der Waals surface area contributed by atoms with E-state index in [1.165, 1.54) is 0 Å². The van der Waals surface area contributed by atoms with Gasteiger partial charge in [-0.1, -0.05) is 0 Å². The fraction of sp³-hybridized carbons (Fsp3) is 0.625. The summed E-state index contributed by atoms with van der Waals surface area (Å²) in [5.41, 5.74) is 0.846. The standard InChI is InChI=1S/C16H25N3O3S/c1-5-19(13-7-9-23(21,22)11-13)12-6-8-17-14(10-12)15(20)18-16(2,3)4/h6,8,10,13H,5,7,9,11H2,1-4H3,(H,18,20). The van der Waals surface area contributed by atoms with Crippen LogP contribution in [-0.2, 0) is 9.84 Å². The van der Waals surface area contributed by atoms with Gasteiger partial charge in [0.1, 0.15) is 5.69 Å². The highest BCUT2D eigenvalue weighted by Gasteiger charge is 2.32. The van der Waals surface area contributed by atoms with Crippen molar-refractivity contribution in [3.63, 3.8) is 0 Å². The first-order valence-electron chi connectivity index (χ1n) is 7.87. The Labute approximate surface area is 138 Å². The van der Waals surface area contributed by atoms with Crippen LogP contribution in [0.4, 0.5) is 5.69 Å². The molecule has 1 atom stereocenters. The molecule has 0 aliphatic carbocycles. The van der Waals surface area contributed by atoms with E-state index in [0.29, 0.717) is 18.7 Å². The molecular weight excluding hydrogens is 314 g/mol. The van der Waals surface area contributed by atoms with Gasteiger partial charge in [0.15, 0.2) is 9.84 Å². The van der Waals surface area contributed by atoms with Crippen molar-refractivity contribution in [1.29, 1.82) is 0 Å². The fourth-order valence-corrected chi connectivity index (χ4v) is 4.53. The van der Waals surface area contributed by atoms with Gasteiger partial charge < -0.3 is 10.2 Å². The lowest BCUT2D eigenvalue weighted by Gasteiger charge is -2.29. The monoisotopic (exact) mass is 339 g/mol. The summed E-state index contributed by atoms with van der Waals surface area (Å²) < 4.78 is 23.4. The molecule has 2 rings (SSSR count).